The highest BCUT2D eigenvalue weighted by molar-refractivity contribution is 6.37. The summed E-state index contributed by atoms with van der Waals surface area (Å²) < 4.78 is 36.9. The summed E-state index contributed by atoms with van der Waals surface area (Å²) in [5, 5.41) is 8.60. The van der Waals surface area contributed by atoms with E-state index in [9.17, 15) is 8.78 Å². The van der Waals surface area contributed by atoms with Crippen molar-refractivity contribution in [3.8, 4) is 5.69 Å². The van der Waals surface area contributed by atoms with Gasteiger partial charge in [0.05, 0.1) is 28.6 Å². The van der Waals surface area contributed by atoms with Crippen molar-refractivity contribution in [1.82, 2.24) is 14.8 Å². The second-order valence-corrected chi connectivity index (χ2v) is 7.25. The lowest BCUT2D eigenvalue weighted by Crippen LogP contribution is -2.13. The molecule has 1 aromatic heterocycles. The molecule has 1 aliphatic heterocycles. The van der Waals surface area contributed by atoms with Gasteiger partial charge in [0.2, 0.25) is 0 Å². The zero-order valence-corrected chi connectivity index (χ0v) is 17.5. The van der Waals surface area contributed by atoms with Crippen LogP contribution in [-0.4, -0.2) is 27.1 Å². The molecule has 0 amide bonds. The predicted octanol–water partition coefficient (Wildman–Crippen LogP) is 5.43. The molecule has 0 aliphatic carbocycles. The molecule has 0 fully saturated rings. The Kier molecular flexibility index (Phi) is 5.15. The third kappa shape index (κ3) is 3.10. The maximum absolute atomic E-state index is 14.8. The zero-order valence-electron chi connectivity index (χ0n) is 16.7. The van der Waals surface area contributed by atoms with Gasteiger partial charge < -0.3 is 4.74 Å². The first-order valence-corrected chi connectivity index (χ1v) is 9.82. The number of hydrogen-bond acceptors (Lipinski definition) is 4. The minimum absolute atomic E-state index is 0.106. The summed E-state index contributed by atoms with van der Waals surface area (Å²) >= 11 is 6.79. The molecule has 0 saturated carbocycles. The first kappa shape index (κ1) is 20.2. The Bertz CT molecular complexity index is 1180. The van der Waals surface area contributed by atoms with Gasteiger partial charge in [-0.2, -0.15) is 0 Å². The van der Waals surface area contributed by atoms with Crippen molar-refractivity contribution in [2.75, 3.05) is 6.61 Å². The van der Waals surface area contributed by atoms with Crippen molar-refractivity contribution >= 4 is 23.1 Å². The maximum atomic E-state index is 14.8. The highest BCUT2D eigenvalue weighted by atomic mass is 35.5. The van der Waals surface area contributed by atoms with Crippen LogP contribution < -0.4 is 0 Å². The number of fused-ring (bicyclic) bond motifs is 3. The fourth-order valence-corrected chi connectivity index (χ4v) is 3.98. The van der Waals surface area contributed by atoms with Gasteiger partial charge in [0.25, 0.3) is 0 Å². The van der Waals surface area contributed by atoms with E-state index in [2.05, 4.69) is 21.8 Å². The Morgan fingerprint density at radius 2 is 1.87 bits per heavy atom. The summed E-state index contributed by atoms with van der Waals surface area (Å²) in [6, 6.07) is 6.73. The van der Waals surface area contributed by atoms with E-state index in [1.54, 1.807) is 30.5 Å². The van der Waals surface area contributed by atoms with E-state index in [1.807, 2.05) is 6.92 Å². The first-order chi connectivity index (χ1) is 14.3. The third-order valence-corrected chi connectivity index (χ3v) is 5.36. The highest BCUT2D eigenvalue weighted by Gasteiger charge is 2.31. The first-order valence-electron chi connectivity index (χ1n) is 9.44. The molecule has 8 heteroatoms. The number of benzene rings is 2. The second-order valence-electron chi connectivity index (χ2n) is 6.87. The maximum Gasteiger partial charge on any atom is 0.162 e. The van der Waals surface area contributed by atoms with Crippen LogP contribution in [0.15, 0.2) is 41.9 Å². The van der Waals surface area contributed by atoms with Gasteiger partial charge in [-0.05, 0) is 45.0 Å². The largest absolute Gasteiger partial charge is 0.494 e. The van der Waals surface area contributed by atoms with Crippen molar-refractivity contribution in [3.63, 3.8) is 0 Å². The highest BCUT2D eigenvalue weighted by Crippen LogP contribution is 2.38. The molecule has 0 radical (unpaired) electrons. The Labute approximate surface area is 177 Å². The van der Waals surface area contributed by atoms with Crippen molar-refractivity contribution in [2.24, 2.45) is 4.99 Å². The van der Waals surface area contributed by atoms with Crippen molar-refractivity contribution in [1.29, 1.82) is 0 Å². The lowest BCUT2D eigenvalue weighted by atomic mass is 9.96. The molecular formula is C22H19ClF2N4O. The molecule has 0 saturated heterocycles. The lowest BCUT2D eigenvalue weighted by molar-refractivity contribution is 0.299. The SMILES string of the molecule is C=C(OCC)c1ccc2c(c1Cl)C(c1c(F)cccc1F)=N[C@@H](C)c1nnc(C)n1-2. The fourth-order valence-electron chi connectivity index (χ4n) is 3.62. The van der Waals surface area contributed by atoms with E-state index in [-0.39, 0.29) is 16.3 Å². The molecular weight excluding hydrogens is 410 g/mol. The van der Waals surface area contributed by atoms with Gasteiger partial charge in [-0.25, -0.2) is 8.78 Å². The number of aromatic nitrogens is 3. The zero-order chi connectivity index (χ0) is 21.6. The van der Waals surface area contributed by atoms with Crippen LogP contribution in [0.25, 0.3) is 11.4 Å². The molecule has 0 N–H and O–H groups in total. The van der Waals surface area contributed by atoms with Gasteiger partial charge in [0.1, 0.15) is 29.3 Å². The molecule has 1 aliphatic rings. The molecule has 154 valence electrons. The van der Waals surface area contributed by atoms with Crippen LogP contribution in [0.4, 0.5) is 8.78 Å². The van der Waals surface area contributed by atoms with Gasteiger partial charge in [-0.15, -0.1) is 10.2 Å². The van der Waals surface area contributed by atoms with Crippen LogP contribution >= 0.6 is 11.6 Å². The van der Waals surface area contributed by atoms with Gasteiger partial charge >= 0.3 is 0 Å². The summed E-state index contributed by atoms with van der Waals surface area (Å²) in [7, 11) is 0. The van der Waals surface area contributed by atoms with Crippen LogP contribution in [0.3, 0.4) is 0 Å². The molecule has 2 aromatic carbocycles. The minimum Gasteiger partial charge on any atom is -0.494 e. The molecule has 3 aromatic rings. The summed E-state index contributed by atoms with van der Waals surface area (Å²) in [6.07, 6.45) is 0. The van der Waals surface area contributed by atoms with E-state index >= 15 is 0 Å². The van der Waals surface area contributed by atoms with Crippen molar-refractivity contribution in [2.45, 2.75) is 26.8 Å². The quantitative estimate of drug-likeness (QED) is 0.521. The molecule has 5 nitrogen and oxygen atoms in total. The Morgan fingerprint density at radius 3 is 2.53 bits per heavy atom. The number of ether oxygens (including phenoxy) is 1. The number of rotatable bonds is 4. The van der Waals surface area contributed by atoms with Gasteiger partial charge in [0, 0.05) is 11.1 Å². The topological polar surface area (TPSA) is 52.3 Å². The predicted molar refractivity (Wildman–Crippen MR) is 112 cm³/mol. The van der Waals surface area contributed by atoms with Gasteiger partial charge in [-0.3, -0.25) is 9.56 Å². The summed E-state index contributed by atoms with van der Waals surface area (Å²) in [4.78, 5) is 4.63. The standard InChI is InChI=1S/C22H19ClF2N4O/c1-5-30-12(3)14-9-10-17-19(20(14)23)21(18-15(24)7-6-8-16(18)25)26-11(2)22-28-27-13(4)29(17)22/h6-11H,3,5H2,1-2,4H3/t11-/m0/s1. The molecule has 0 bridgehead atoms. The molecule has 0 unspecified atom stereocenters. The average molecular weight is 429 g/mol. The minimum atomic E-state index is -0.730. The summed E-state index contributed by atoms with van der Waals surface area (Å²) in [6.45, 7) is 9.74. The van der Waals surface area contributed by atoms with E-state index in [0.29, 0.717) is 40.8 Å². The Morgan fingerprint density at radius 1 is 1.17 bits per heavy atom. The lowest BCUT2D eigenvalue weighted by Gasteiger charge is -2.18. The number of aryl methyl sites for hydroxylation is 1. The van der Waals surface area contributed by atoms with Crippen molar-refractivity contribution in [3.05, 3.63) is 81.9 Å². The Hall–Kier alpha value is -3.06. The Balaban J connectivity index is 2.10. The van der Waals surface area contributed by atoms with E-state index in [0.717, 1.165) is 0 Å². The molecule has 30 heavy (non-hydrogen) atoms. The number of aliphatic imine (C=N–C) groups is 1. The summed E-state index contributed by atoms with van der Waals surface area (Å²) in [5.41, 5.74) is 1.32. The number of nitrogens with zero attached hydrogens (tertiary/aromatic N) is 4. The van der Waals surface area contributed by atoms with Crippen LogP contribution in [0.2, 0.25) is 5.02 Å². The second kappa shape index (κ2) is 7.65. The van der Waals surface area contributed by atoms with Gasteiger partial charge in [-0.1, -0.05) is 24.2 Å². The molecule has 4 rings (SSSR count). The van der Waals surface area contributed by atoms with Crippen LogP contribution in [0.1, 0.15) is 48.2 Å². The average Bonchev–Trinajstić information content (AvgIpc) is 3.02. The van der Waals surface area contributed by atoms with Crippen LogP contribution in [-0.2, 0) is 4.74 Å². The normalized spacial score (nSPS) is 15.1. The van der Waals surface area contributed by atoms with Gasteiger partial charge in [0.15, 0.2) is 5.82 Å². The monoisotopic (exact) mass is 428 g/mol. The molecule has 1 atom stereocenters. The molecule has 2 heterocycles. The van der Waals surface area contributed by atoms with Crippen LogP contribution in [0.5, 0.6) is 0 Å². The fraction of sp³-hybridized carbons (Fsp3) is 0.227. The van der Waals surface area contributed by atoms with Crippen LogP contribution in [0, 0.1) is 18.6 Å². The summed E-state index contributed by atoms with van der Waals surface area (Å²) in [5.74, 6) is 0.0541. The van der Waals surface area contributed by atoms with E-state index < -0.39 is 17.7 Å². The third-order valence-electron chi connectivity index (χ3n) is 4.96. The number of halogens is 3. The van der Waals surface area contributed by atoms with Crippen molar-refractivity contribution < 1.29 is 13.5 Å². The smallest absolute Gasteiger partial charge is 0.162 e. The number of hydrogen-bond donors (Lipinski definition) is 0. The van der Waals surface area contributed by atoms with E-state index in [4.69, 9.17) is 16.3 Å². The van der Waals surface area contributed by atoms with E-state index in [1.165, 1.54) is 18.2 Å². The molecule has 0 spiro atoms.